The first-order chi connectivity index (χ1) is 14.9. The van der Waals surface area contributed by atoms with Gasteiger partial charge in [0.25, 0.3) is 5.91 Å². The maximum absolute atomic E-state index is 12.7. The van der Waals surface area contributed by atoms with Crippen molar-refractivity contribution >= 4 is 40.9 Å². The molecule has 1 aliphatic rings. The summed E-state index contributed by atoms with van der Waals surface area (Å²) < 4.78 is 0. The van der Waals surface area contributed by atoms with Crippen molar-refractivity contribution in [3.05, 3.63) is 99.6 Å². The van der Waals surface area contributed by atoms with Gasteiger partial charge in [-0.15, -0.1) is 11.8 Å². The summed E-state index contributed by atoms with van der Waals surface area (Å²) in [5.74, 6) is 0.416. The quantitative estimate of drug-likeness (QED) is 0.519. The number of thioether (sulfide) groups is 1. The lowest BCUT2D eigenvalue weighted by atomic mass is 10.1. The average molecular weight is 451 g/mol. The number of nitrogens with zero attached hydrogens (tertiary/aromatic N) is 1. The number of rotatable bonds is 5. The molecule has 0 spiro atoms. The molecule has 0 radical (unpaired) electrons. The van der Waals surface area contributed by atoms with Crippen LogP contribution in [0, 0.1) is 13.8 Å². The average Bonchev–Trinajstić information content (AvgIpc) is 3.09. The van der Waals surface area contributed by atoms with Gasteiger partial charge in [0.2, 0.25) is 5.91 Å². The van der Waals surface area contributed by atoms with Crippen molar-refractivity contribution in [2.24, 2.45) is 0 Å². The van der Waals surface area contributed by atoms with Crippen molar-refractivity contribution in [3.63, 3.8) is 0 Å². The minimum Gasteiger partial charge on any atom is -0.322 e. The van der Waals surface area contributed by atoms with E-state index >= 15 is 0 Å². The van der Waals surface area contributed by atoms with Crippen molar-refractivity contribution in [3.8, 4) is 0 Å². The van der Waals surface area contributed by atoms with E-state index < -0.39 is 0 Å². The first-order valence-corrected chi connectivity index (χ1v) is 11.5. The Kier molecular flexibility index (Phi) is 6.35. The summed E-state index contributed by atoms with van der Waals surface area (Å²) in [6.07, 6.45) is 0. The number of halogens is 1. The van der Waals surface area contributed by atoms with Crippen LogP contribution in [0.4, 0.5) is 5.69 Å². The Morgan fingerprint density at radius 1 is 1.03 bits per heavy atom. The largest absolute Gasteiger partial charge is 0.322 e. The fraction of sp³-hybridized carbons (Fsp3) is 0.200. The summed E-state index contributed by atoms with van der Waals surface area (Å²) in [4.78, 5) is 27.0. The van der Waals surface area contributed by atoms with E-state index in [9.17, 15) is 9.59 Å². The SMILES string of the molecule is Cc1cc(C)cc(NC(=O)c2ccc([C@@H]3SCC(=O)N3Cc3ccc(Cl)cc3)cc2)c1. The molecule has 1 fully saturated rings. The lowest BCUT2D eigenvalue weighted by Crippen LogP contribution is -2.27. The Hall–Kier alpha value is -2.76. The van der Waals surface area contributed by atoms with Gasteiger partial charge in [-0.2, -0.15) is 0 Å². The Morgan fingerprint density at radius 2 is 1.68 bits per heavy atom. The van der Waals surface area contributed by atoms with Crippen LogP contribution in [-0.2, 0) is 11.3 Å². The van der Waals surface area contributed by atoms with Crippen LogP contribution in [0.25, 0.3) is 0 Å². The lowest BCUT2D eigenvalue weighted by molar-refractivity contribution is -0.128. The van der Waals surface area contributed by atoms with Crippen molar-refractivity contribution in [1.29, 1.82) is 0 Å². The van der Waals surface area contributed by atoms with E-state index in [0.29, 0.717) is 22.9 Å². The smallest absolute Gasteiger partial charge is 0.255 e. The fourth-order valence-electron chi connectivity index (χ4n) is 3.74. The van der Waals surface area contributed by atoms with Gasteiger partial charge in [-0.1, -0.05) is 41.9 Å². The van der Waals surface area contributed by atoms with E-state index in [0.717, 1.165) is 27.9 Å². The van der Waals surface area contributed by atoms with Crippen molar-refractivity contribution in [2.75, 3.05) is 11.1 Å². The second-order valence-electron chi connectivity index (χ2n) is 7.76. The highest BCUT2D eigenvalue weighted by Gasteiger charge is 2.32. The number of amides is 2. The van der Waals surface area contributed by atoms with Crippen LogP contribution in [-0.4, -0.2) is 22.5 Å². The zero-order valence-corrected chi connectivity index (χ0v) is 19.0. The van der Waals surface area contributed by atoms with E-state index in [4.69, 9.17) is 11.6 Å². The molecule has 2 amide bonds. The van der Waals surface area contributed by atoms with Gasteiger partial charge in [0.15, 0.2) is 0 Å². The van der Waals surface area contributed by atoms with E-state index in [1.807, 2.05) is 79.4 Å². The van der Waals surface area contributed by atoms with Crippen LogP contribution in [0.3, 0.4) is 0 Å². The summed E-state index contributed by atoms with van der Waals surface area (Å²) in [5.41, 5.74) is 5.63. The molecule has 31 heavy (non-hydrogen) atoms. The molecule has 3 aromatic carbocycles. The number of hydrogen-bond acceptors (Lipinski definition) is 3. The Bertz CT molecular complexity index is 1090. The highest BCUT2D eigenvalue weighted by molar-refractivity contribution is 8.00. The predicted molar refractivity (Wildman–Crippen MR) is 128 cm³/mol. The molecule has 0 saturated carbocycles. The molecular weight excluding hydrogens is 428 g/mol. The molecule has 6 heteroatoms. The van der Waals surface area contributed by atoms with Gasteiger partial charge in [-0.25, -0.2) is 0 Å². The number of hydrogen-bond donors (Lipinski definition) is 1. The molecule has 0 aliphatic carbocycles. The normalized spacial score (nSPS) is 15.9. The standard InChI is InChI=1S/C25H23ClN2O2S/c1-16-11-17(2)13-22(12-16)27-24(30)19-5-7-20(8-6-19)25-28(23(29)15-31-25)14-18-3-9-21(26)10-4-18/h3-13,25H,14-15H2,1-2H3,(H,27,30)/t25-/m0/s1. The molecule has 1 N–H and O–H groups in total. The third-order valence-electron chi connectivity index (χ3n) is 5.17. The molecule has 1 saturated heterocycles. The first-order valence-electron chi connectivity index (χ1n) is 10.0. The van der Waals surface area contributed by atoms with Gasteiger partial charge < -0.3 is 10.2 Å². The fourth-order valence-corrected chi connectivity index (χ4v) is 5.05. The third kappa shape index (κ3) is 5.12. The molecule has 3 aromatic rings. The number of benzene rings is 3. The molecule has 158 valence electrons. The van der Waals surface area contributed by atoms with Crippen LogP contribution in [0.5, 0.6) is 0 Å². The van der Waals surface area contributed by atoms with Crippen molar-refractivity contribution < 1.29 is 9.59 Å². The monoisotopic (exact) mass is 450 g/mol. The van der Waals surface area contributed by atoms with E-state index in [2.05, 4.69) is 11.4 Å². The van der Waals surface area contributed by atoms with Crippen LogP contribution >= 0.6 is 23.4 Å². The van der Waals surface area contributed by atoms with Gasteiger partial charge in [0.05, 0.1) is 5.75 Å². The summed E-state index contributed by atoms with van der Waals surface area (Å²) in [5, 5.41) is 3.57. The minimum atomic E-state index is -0.148. The Morgan fingerprint density at radius 3 is 2.32 bits per heavy atom. The second kappa shape index (κ2) is 9.16. The minimum absolute atomic E-state index is 0.0697. The van der Waals surface area contributed by atoms with Gasteiger partial charge in [0, 0.05) is 22.8 Å². The summed E-state index contributed by atoms with van der Waals surface area (Å²) >= 11 is 7.57. The molecule has 0 aromatic heterocycles. The maximum atomic E-state index is 12.7. The van der Waals surface area contributed by atoms with Crippen LogP contribution in [0.1, 0.15) is 38.0 Å². The summed E-state index contributed by atoms with van der Waals surface area (Å²) in [6.45, 7) is 4.55. The molecular formula is C25H23ClN2O2S. The van der Waals surface area contributed by atoms with Crippen LogP contribution in [0.2, 0.25) is 5.02 Å². The molecule has 4 nitrogen and oxygen atoms in total. The van der Waals surface area contributed by atoms with Gasteiger partial charge in [0.1, 0.15) is 5.37 Å². The zero-order chi connectivity index (χ0) is 22.0. The van der Waals surface area contributed by atoms with Gasteiger partial charge >= 0.3 is 0 Å². The number of nitrogens with one attached hydrogen (secondary N) is 1. The zero-order valence-electron chi connectivity index (χ0n) is 17.4. The first kappa shape index (κ1) is 21.5. The highest BCUT2D eigenvalue weighted by atomic mass is 35.5. The molecule has 0 unspecified atom stereocenters. The lowest BCUT2D eigenvalue weighted by Gasteiger charge is -2.24. The summed E-state index contributed by atoms with van der Waals surface area (Å²) in [6, 6.07) is 21.0. The number of carbonyl (C=O) groups is 2. The van der Waals surface area contributed by atoms with Gasteiger partial charge in [-0.05, 0) is 72.5 Å². The van der Waals surface area contributed by atoms with Crippen molar-refractivity contribution in [1.82, 2.24) is 4.90 Å². The second-order valence-corrected chi connectivity index (χ2v) is 9.27. The maximum Gasteiger partial charge on any atom is 0.255 e. The van der Waals surface area contributed by atoms with E-state index in [1.54, 1.807) is 11.8 Å². The molecule has 1 aliphatic heterocycles. The van der Waals surface area contributed by atoms with Crippen LogP contribution in [0.15, 0.2) is 66.7 Å². The topological polar surface area (TPSA) is 49.4 Å². The van der Waals surface area contributed by atoms with Gasteiger partial charge in [-0.3, -0.25) is 9.59 Å². The number of carbonyl (C=O) groups excluding carboxylic acids is 2. The van der Waals surface area contributed by atoms with Crippen LogP contribution < -0.4 is 5.32 Å². The molecule has 4 rings (SSSR count). The van der Waals surface area contributed by atoms with Crippen molar-refractivity contribution in [2.45, 2.75) is 25.8 Å². The highest BCUT2D eigenvalue weighted by Crippen LogP contribution is 2.39. The molecule has 1 heterocycles. The Balaban J connectivity index is 1.47. The third-order valence-corrected chi connectivity index (χ3v) is 6.68. The Labute approximate surface area is 191 Å². The number of aryl methyl sites for hydroxylation is 2. The molecule has 1 atom stereocenters. The van der Waals surface area contributed by atoms with E-state index in [1.165, 1.54) is 0 Å². The number of anilines is 1. The van der Waals surface area contributed by atoms with E-state index in [-0.39, 0.29) is 17.2 Å². The molecule has 0 bridgehead atoms. The summed E-state index contributed by atoms with van der Waals surface area (Å²) in [7, 11) is 0. The predicted octanol–water partition coefficient (Wildman–Crippen LogP) is 5.98.